The molecule has 0 bridgehead atoms. The van der Waals surface area contributed by atoms with Gasteiger partial charge in [-0.05, 0) is 56.7 Å². The number of aryl methyl sites for hydroxylation is 2. The summed E-state index contributed by atoms with van der Waals surface area (Å²) in [6.07, 6.45) is 0.807. The molecule has 8 heteroatoms. The summed E-state index contributed by atoms with van der Waals surface area (Å²) in [5.74, 6) is 5.92. The van der Waals surface area contributed by atoms with Crippen LogP contribution in [0.1, 0.15) is 30.1 Å². The minimum absolute atomic E-state index is 0.265. The molecule has 1 saturated heterocycles. The highest BCUT2D eigenvalue weighted by molar-refractivity contribution is 7.16. The Morgan fingerprint density at radius 2 is 1.91 bits per heavy atom. The maximum absolute atomic E-state index is 13.5. The first kappa shape index (κ1) is 23.3. The largest absolute Gasteiger partial charge is 0.369 e. The van der Waals surface area contributed by atoms with E-state index in [0.29, 0.717) is 0 Å². The van der Waals surface area contributed by atoms with Crippen molar-refractivity contribution in [2.24, 2.45) is 0 Å². The van der Waals surface area contributed by atoms with Gasteiger partial charge in [-0.25, -0.2) is 13.9 Å². The molecule has 1 aromatic carbocycles. The van der Waals surface area contributed by atoms with Crippen LogP contribution in [-0.2, 0) is 6.42 Å². The molecule has 4 aromatic rings. The number of benzene rings is 1. The van der Waals surface area contributed by atoms with Crippen LogP contribution in [-0.4, -0.2) is 47.8 Å². The Labute approximate surface area is 209 Å². The van der Waals surface area contributed by atoms with Gasteiger partial charge in [0.25, 0.3) is 0 Å². The van der Waals surface area contributed by atoms with E-state index in [9.17, 15) is 4.39 Å². The zero-order chi connectivity index (χ0) is 24.5. The second-order valence-corrected chi connectivity index (χ2v) is 9.63. The molecule has 0 unspecified atom stereocenters. The normalized spacial score (nSPS) is 13.7. The molecule has 35 heavy (non-hydrogen) atoms. The van der Waals surface area contributed by atoms with Gasteiger partial charge in [0.15, 0.2) is 5.13 Å². The third-order valence-corrected chi connectivity index (χ3v) is 7.40. The van der Waals surface area contributed by atoms with E-state index in [1.54, 1.807) is 23.5 Å². The third kappa shape index (κ3) is 4.38. The van der Waals surface area contributed by atoms with Crippen LogP contribution in [0.4, 0.5) is 20.9 Å². The molecule has 3 aromatic heterocycles. The predicted molar refractivity (Wildman–Crippen MR) is 143 cm³/mol. The van der Waals surface area contributed by atoms with Crippen LogP contribution in [0.5, 0.6) is 0 Å². The summed E-state index contributed by atoms with van der Waals surface area (Å²) in [6.45, 7) is 10.0. The molecule has 1 aliphatic heterocycles. The topological polar surface area (TPSA) is 48.7 Å². The van der Waals surface area contributed by atoms with Gasteiger partial charge in [-0.2, -0.15) is 5.10 Å². The molecule has 0 amide bonds. The molecule has 6 nitrogen and oxygen atoms in total. The molecular weight excluding hydrogens is 459 g/mol. The Morgan fingerprint density at radius 1 is 1.17 bits per heavy atom. The first-order valence-corrected chi connectivity index (χ1v) is 12.7. The molecule has 0 radical (unpaired) electrons. The SMILES string of the molecule is CC#Cc1sc(N(C)c2c(CC)nn3c(C)cc(N4CCNCC4)cc23)nc1-c1ccc(F)cc1. The van der Waals surface area contributed by atoms with Gasteiger partial charge in [-0.3, -0.25) is 0 Å². The summed E-state index contributed by atoms with van der Waals surface area (Å²) in [6, 6.07) is 10.9. The number of anilines is 3. The van der Waals surface area contributed by atoms with Crippen molar-refractivity contribution in [3.63, 3.8) is 0 Å². The monoisotopic (exact) mass is 488 g/mol. The number of thiazole rings is 1. The second kappa shape index (κ2) is 9.68. The van der Waals surface area contributed by atoms with Gasteiger partial charge in [0.2, 0.25) is 0 Å². The van der Waals surface area contributed by atoms with Crippen LogP contribution in [0.2, 0.25) is 0 Å². The number of piperazine rings is 1. The molecule has 0 atom stereocenters. The average Bonchev–Trinajstić information content (AvgIpc) is 3.47. The van der Waals surface area contributed by atoms with Crippen molar-refractivity contribution >= 4 is 33.4 Å². The number of rotatable bonds is 5. The molecular formula is C27H29FN6S. The van der Waals surface area contributed by atoms with Gasteiger partial charge in [-0.1, -0.05) is 24.2 Å². The lowest BCUT2D eigenvalue weighted by atomic mass is 10.1. The quantitative estimate of drug-likeness (QED) is 0.400. The summed E-state index contributed by atoms with van der Waals surface area (Å²) in [7, 11) is 2.04. The van der Waals surface area contributed by atoms with Crippen LogP contribution in [0.3, 0.4) is 0 Å². The number of fused-ring (bicyclic) bond motifs is 1. The number of halogens is 1. The molecule has 4 heterocycles. The van der Waals surface area contributed by atoms with E-state index >= 15 is 0 Å². The van der Waals surface area contributed by atoms with Crippen LogP contribution in [0.25, 0.3) is 16.8 Å². The minimum Gasteiger partial charge on any atom is -0.369 e. The van der Waals surface area contributed by atoms with Gasteiger partial charge >= 0.3 is 0 Å². The van der Waals surface area contributed by atoms with Crippen molar-refractivity contribution in [2.75, 3.05) is 43.0 Å². The summed E-state index contributed by atoms with van der Waals surface area (Å²) < 4.78 is 15.6. The zero-order valence-corrected chi connectivity index (χ0v) is 21.3. The molecule has 5 rings (SSSR count). The van der Waals surface area contributed by atoms with Crippen molar-refractivity contribution < 1.29 is 4.39 Å². The van der Waals surface area contributed by atoms with Crippen LogP contribution in [0, 0.1) is 24.6 Å². The van der Waals surface area contributed by atoms with Crippen molar-refractivity contribution in [1.82, 2.24) is 19.9 Å². The Morgan fingerprint density at radius 3 is 2.60 bits per heavy atom. The highest BCUT2D eigenvalue weighted by atomic mass is 32.1. The van der Waals surface area contributed by atoms with E-state index in [1.165, 1.54) is 17.8 Å². The summed E-state index contributed by atoms with van der Waals surface area (Å²) in [5.41, 5.74) is 7.11. The number of pyridine rings is 1. The van der Waals surface area contributed by atoms with Crippen molar-refractivity contribution in [3.05, 3.63) is 58.5 Å². The lowest BCUT2D eigenvalue weighted by molar-refractivity contribution is 0.589. The summed E-state index contributed by atoms with van der Waals surface area (Å²) in [4.78, 5) is 10.4. The van der Waals surface area contributed by atoms with E-state index in [4.69, 9.17) is 10.1 Å². The molecule has 0 spiro atoms. The van der Waals surface area contributed by atoms with E-state index in [-0.39, 0.29) is 5.82 Å². The Kier molecular flexibility index (Phi) is 6.46. The third-order valence-electron chi connectivity index (χ3n) is 6.35. The number of hydrogen-bond acceptors (Lipinski definition) is 6. The fourth-order valence-electron chi connectivity index (χ4n) is 4.58. The number of hydrogen-bond donors (Lipinski definition) is 1. The van der Waals surface area contributed by atoms with E-state index in [2.05, 4.69) is 52.9 Å². The maximum atomic E-state index is 13.5. The molecule has 0 saturated carbocycles. The van der Waals surface area contributed by atoms with Gasteiger partial charge in [0.05, 0.1) is 22.6 Å². The Balaban J connectivity index is 1.62. The fraction of sp³-hybridized carbons (Fsp3) is 0.333. The van der Waals surface area contributed by atoms with E-state index in [1.807, 2.05) is 18.5 Å². The van der Waals surface area contributed by atoms with Gasteiger partial charge in [0, 0.05) is 50.2 Å². The highest BCUT2D eigenvalue weighted by Gasteiger charge is 2.23. The number of aromatic nitrogens is 3. The molecule has 0 aliphatic carbocycles. The fourth-order valence-corrected chi connectivity index (χ4v) is 5.55. The van der Waals surface area contributed by atoms with Crippen LogP contribution >= 0.6 is 11.3 Å². The van der Waals surface area contributed by atoms with Gasteiger partial charge in [-0.15, -0.1) is 5.92 Å². The highest BCUT2D eigenvalue weighted by Crippen LogP contribution is 2.39. The average molecular weight is 489 g/mol. The first-order chi connectivity index (χ1) is 17.0. The van der Waals surface area contributed by atoms with E-state index < -0.39 is 0 Å². The van der Waals surface area contributed by atoms with Gasteiger partial charge in [0.1, 0.15) is 10.7 Å². The molecule has 180 valence electrons. The Bertz CT molecular complexity index is 1420. The second-order valence-electron chi connectivity index (χ2n) is 8.65. The number of nitrogens with one attached hydrogen (secondary N) is 1. The molecule has 1 N–H and O–H groups in total. The maximum Gasteiger partial charge on any atom is 0.191 e. The summed E-state index contributed by atoms with van der Waals surface area (Å²) in [5, 5.41) is 9.21. The number of nitrogens with zero attached hydrogens (tertiary/aromatic N) is 5. The summed E-state index contributed by atoms with van der Waals surface area (Å²) >= 11 is 1.55. The lowest BCUT2D eigenvalue weighted by Crippen LogP contribution is -2.43. The minimum atomic E-state index is -0.265. The molecule has 1 fully saturated rings. The first-order valence-electron chi connectivity index (χ1n) is 11.9. The van der Waals surface area contributed by atoms with E-state index in [0.717, 1.165) is 76.5 Å². The zero-order valence-electron chi connectivity index (χ0n) is 20.5. The van der Waals surface area contributed by atoms with Crippen molar-refractivity contribution in [1.29, 1.82) is 0 Å². The Hall–Kier alpha value is -3.41. The molecule has 1 aliphatic rings. The lowest BCUT2D eigenvalue weighted by Gasteiger charge is -2.30. The standard InChI is InChI=1S/C27H29FN6S/c1-5-7-24-25(19-8-10-20(28)11-9-19)30-27(35-24)32(4)26-22(6-2)31-34-18(3)16-21(17-23(26)34)33-14-12-29-13-15-33/h8-11,16-17,29H,6,12-15H2,1-4H3. The smallest absolute Gasteiger partial charge is 0.191 e. The van der Waals surface area contributed by atoms with Gasteiger partial charge < -0.3 is 15.1 Å². The van der Waals surface area contributed by atoms with Crippen molar-refractivity contribution in [3.8, 4) is 23.1 Å². The van der Waals surface area contributed by atoms with Crippen LogP contribution in [0.15, 0.2) is 36.4 Å². The van der Waals surface area contributed by atoms with Crippen molar-refractivity contribution in [2.45, 2.75) is 27.2 Å². The van der Waals surface area contributed by atoms with Crippen LogP contribution < -0.4 is 15.1 Å². The predicted octanol–water partition coefficient (Wildman–Crippen LogP) is 5.02.